The molecule has 1 heterocycles. The molecule has 0 spiro atoms. The van der Waals surface area contributed by atoms with E-state index in [1.165, 1.54) is 0 Å². The smallest absolute Gasteiger partial charge is 0.376 e. The van der Waals surface area contributed by atoms with Crippen molar-refractivity contribution in [3.05, 3.63) is 0 Å². The van der Waals surface area contributed by atoms with Crippen molar-refractivity contribution in [2.75, 3.05) is 6.61 Å². The molecule has 0 amide bonds. The van der Waals surface area contributed by atoms with Crippen molar-refractivity contribution in [1.29, 1.82) is 0 Å². The lowest BCUT2D eigenvalue weighted by Crippen LogP contribution is -2.52. The first-order valence-corrected chi connectivity index (χ1v) is 4.73. The Balaban J connectivity index is 0.000001000. The zero-order valence-electron chi connectivity index (χ0n) is 7.34. The van der Waals surface area contributed by atoms with Gasteiger partial charge in [-0.1, -0.05) is 0 Å². The Labute approximate surface area is 65.5 Å². The number of nitrogens with two attached hydrogens (primary N) is 1. The van der Waals surface area contributed by atoms with Crippen LogP contribution >= 0.6 is 0 Å². The SMILES string of the molecule is NC(O)C1([SiH3])CCCCO1.[H+]. The van der Waals surface area contributed by atoms with E-state index >= 15 is 0 Å². The van der Waals surface area contributed by atoms with Crippen LogP contribution in [0, 0.1) is 0 Å². The van der Waals surface area contributed by atoms with E-state index < -0.39 is 6.23 Å². The summed E-state index contributed by atoms with van der Waals surface area (Å²) in [5, 5.41) is 8.77. The van der Waals surface area contributed by atoms with Crippen molar-refractivity contribution < 1.29 is 11.3 Å². The van der Waals surface area contributed by atoms with Crippen molar-refractivity contribution in [2.24, 2.45) is 5.73 Å². The number of ether oxygens (including phenoxy) is 1. The van der Waals surface area contributed by atoms with Gasteiger partial charge in [0.15, 0.2) is 0 Å². The van der Waals surface area contributed by atoms with Gasteiger partial charge in [-0.3, -0.25) is 0 Å². The minimum atomic E-state index is -0.778. The van der Waals surface area contributed by atoms with E-state index in [-0.39, 0.29) is 6.65 Å². The molecule has 0 aromatic heterocycles. The van der Waals surface area contributed by atoms with Gasteiger partial charge >= 0.3 is 1.43 Å². The topological polar surface area (TPSA) is 55.5 Å². The van der Waals surface area contributed by atoms with E-state index in [0.717, 1.165) is 36.1 Å². The monoisotopic (exact) mass is 162 g/mol. The van der Waals surface area contributed by atoms with E-state index in [0.29, 0.717) is 0 Å². The molecule has 0 aromatic carbocycles. The molecular formula is C6H16NO2Si+. The Morgan fingerprint density at radius 1 is 1.70 bits per heavy atom. The van der Waals surface area contributed by atoms with Gasteiger partial charge in [0, 0.05) is 16.8 Å². The van der Waals surface area contributed by atoms with Crippen molar-refractivity contribution in [3.63, 3.8) is 0 Å². The van der Waals surface area contributed by atoms with Crippen molar-refractivity contribution in [2.45, 2.75) is 30.7 Å². The fraction of sp³-hybridized carbons (Fsp3) is 1.00. The third kappa shape index (κ3) is 1.57. The highest BCUT2D eigenvalue weighted by molar-refractivity contribution is 6.15. The first-order chi connectivity index (χ1) is 4.65. The van der Waals surface area contributed by atoms with E-state index in [2.05, 4.69) is 0 Å². The van der Waals surface area contributed by atoms with Gasteiger partial charge in [0.05, 0.1) is 5.22 Å². The highest BCUT2D eigenvalue weighted by Gasteiger charge is 2.32. The zero-order valence-corrected chi connectivity index (χ0v) is 8.34. The third-order valence-corrected chi connectivity index (χ3v) is 3.51. The average Bonchev–Trinajstić information content (AvgIpc) is 1.89. The molecule has 1 rings (SSSR count). The summed E-state index contributed by atoms with van der Waals surface area (Å²) in [5.74, 6) is 0. The van der Waals surface area contributed by atoms with Crippen LogP contribution in [-0.4, -0.2) is 33.4 Å². The molecule has 1 fully saturated rings. The lowest BCUT2D eigenvalue weighted by Gasteiger charge is -2.36. The predicted molar refractivity (Wildman–Crippen MR) is 43.8 cm³/mol. The lowest BCUT2D eigenvalue weighted by atomic mass is 10.1. The van der Waals surface area contributed by atoms with Gasteiger partial charge in [-0.2, -0.15) is 0 Å². The minimum Gasteiger partial charge on any atom is -0.376 e. The number of aliphatic hydroxyl groups excluding tert-OH is 1. The fourth-order valence-electron chi connectivity index (χ4n) is 1.19. The van der Waals surface area contributed by atoms with Crippen LogP contribution in [0.25, 0.3) is 0 Å². The summed E-state index contributed by atoms with van der Waals surface area (Å²) in [5.41, 5.74) is 5.37. The molecule has 1 aliphatic rings. The van der Waals surface area contributed by atoms with Gasteiger partial charge < -0.3 is 15.6 Å². The molecule has 0 aliphatic carbocycles. The summed E-state index contributed by atoms with van der Waals surface area (Å²) in [6.45, 7) is 0.762. The standard InChI is InChI=1S/C6H15NO2Si/c7-5(8)6(10)3-1-2-4-9-6/h5,8H,1-4,7H2,10H3/p+1. The minimum absolute atomic E-state index is 0. The largest absolute Gasteiger partial charge is 1.00 e. The Morgan fingerprint density at radius 3 is 2.70 bits per heavy atom. The van der Waals surface area contributed by atoms with Crippen LogP contribution in [0.15, 0.2) is 0 Å². The molecule has 1 saturated heterocycles. The third-order valence-electron chi connectivity index (χ3n) is 2.12. The summed E-state index contributed by atoms with van der Waals surface area (Å²) in [6, 6.07) is 0. The second-order valence-electron chi connectivity index (χ2n) is 3.06. The first kappa shape index (κ1) is 8.20. The highest BCUT2D eigenvalue weighted by Crippen LogP contribution is 2.22. The summed E-state index contributed by atoms with van der Waals surface area (Å²) in [7, 11) is 0.817. The molecule has 2 unspecified atom stereocenters. The second-order valence-corrected chi connectivity index (χ2v) is 4.76. The maximum Gasteiger partial charge on any atom is 1.00 e. The van der Waals surface area contributed by atoms with Gasteiger partial charge in [0.25, 0.3) is 0 Å². The maximum absolute atomic E-state index is 9.12. The fourth-order valence-corrected chi connectivity index (χ4v) is 1.75. The summed E-state index contributed by atoms with van der Waals surface area (Å²) in [6.07, 6.45) is 2.39. The van der Waals surface area contributed by atoms with Crippen molar-refractivity contribution >= 4 is 10.2 Å². The first-order valence-electron chi connectivity index (χ1n) is 3.73. The zero-order chi connectivity index (χ0) is 7.61. The van der Waals surface area contributed by atoms with E-state index in [4.69, 9.17) is 15.6 Å². The van der Waals surface area contributed by atoms with Crippen LogP contribution in [0.2, 0.25) is 0 Å². The van der Waals surface area contributed by atoms with Gasteiger partial charge in [-0.25, -0.2) is 0 Å². The van der Waals surface area contributed by atoms with Gasteiger partial charge in [-0.15, -0.1) is 0 Å². The van der Waals surface area contributed by atoms with Crippen molar-refractivity contribution in [3.8, 4) is 0 Å². The van der Waals surface area contributed by atoms with Crippen molar-refractivity contribution in [1.82, 2.24) is 0 Å². The molecule has 3 nitrogen and oxygen atoms in total. The average molecular weight is 162 g/mol. The van der Waals surface area contributed by atoms with Crippen LogP contribution in [0.3, 0.4) is 0 Å². The van der Waals surface area contributed by atoms with Crippen LogP contribution in [0.4, 0.5) is 0 Å². The number of hydrogen-bond donors (Lipinski definition) is 2. The van der Waals surface area contributed by atoms with Crippen LogP contribution < -0.4 is 5.73 Å². The number of aliphatic hydroxyl groups is 1. The molecule has 0 radical (unpaired) electrons. The maximum atomic E-state index is 9.12. The Morgan fingerprint density at radius 2 is 2.40 bits per heavy atom. The molecule has 60 valence electrons. The predicted octanol–water partition coefficient (Wildman–Crippen LogP) is -1.36. The molecule has 10 heavy (non-hydrogen) atoms. The molecular weight excluding hydrogens is 146 g/mol. The van der Waals surface area contributed by atoms with E-state index in [9.17, 15) is 0 Å². The van der Waals surface area contributed by atoms with Crippen LogP contribution in [0.5, 0.6) is 0 Å². The Hall–Kier alpha value is 0.0969. The molecule has 3 N–H and O–H groups in total. The van der Waals surface area contributed by atoms with E-state index in [1.807, 2.05) is 0 Å². The Kier molecular flexibility index (Phi) is 2.46. The lowest BCUT2D eigenvalue weighted by molar-refractivity contribution is -0.0905. The van der Waals surface area contributed by atoms with Gasteiger partial charge in [-0.05, 0) is 19.3 Å². The molecule has 4 heteroatoms. The molecule has 0 aromatic rings. The number of hydrogen-bond acceptors (Lipinski definition) is 3. The van der Waals surface area contributed by atoms with E-state index in [1.54, 1.807) is 0 Å². The molecule has 2 atom stereocenters. The van der Waals surface area contributed by atoms with Gasteiger partial charge in [0.1, 0.15) is 6.23 Å². The quantitative estimate of drug-likeness (QED) is 0.370. The molecule has 0 saturated carbocycles. The molecule has 1 aliphatic heterocycles. The summed E-state index contributed by atoms with van der Waals surface area (Å²) < 4.78 is 5.41. The second kappa shape index (κ2) is 3.00. The summed E-state index contributed by atoms with van der Waals surface area (Å²) in [4.78, 5) is 0. The van der Waals surface area contributed by atoms with Crippen LogP contribution in [0.1, 0.15) is 20.7 Å². The Bertz CT molecular complexity index is 117. The number of rotatable bonds is 1. The normalized spacial score (nSPS) is 37.8. The summed E-state index contributed by atoms with van der Waals surface area (Å²) >= 11 is 0. The molecule has 0 bridgehead atoms. The highest BCUT2D eigenvalue weighted by atomic mass is 28.1. The van der Waals surface area contributed by atoms with Gasteiger partial charge in [0.2, 0.25) is 0 Å². The van der Waals surface area contributed by atoms with Crippen LogP contribution in [-0.2, 0) is 4.74 Å².